The van der Waals surface area contributed by atoms with E-state index in [1.54, 1.807) is 17.8 Å². The van der Waals surface area contributed by atoms with E-state index in [1.165, 1.54) is 0 Å². The van der Waals surface area contributed by atoms with Gasteiger partial charge in [-0.1, -0.05) is 36.4 Å². The molecule has 0 bridgehead atoms. The summed E-state index contributed by atoms with van der Waals surface area (Å²) in [4.78, 5) is 15.7. The first-order chi connectivity index (χ1) is 11.7. The number of rotatable bonds is 3. The predicted molar refractivity (Wildman–Crippen MR) is 94.9 cm³/mol. The quantitative estimate of drug-likeness (QED) is 0.603. The maximum Gasteiger partial charge on any atom is 0.273 e. The number of aromatic nitrogens is 3. The molecule has 0 saturated heterocycles. The molecule has 0 fully saturated rings. The van der Waals surface area contributed by atoms with E-state index < -0.39 is 0 Å². The van der Waals surface area contributed by atoms with Gasteiger partial charge in [0.2, 0.25) is 0 Å². The monoisotopic (exact) mass is 316 g/mol. The van der Waals surface area contributed by atoms with Crippen LogP contribution in [0.1, 0.15) is 10.5 Å². The van der Waals surface area contributed by atoms with Crippen molar-refractivity contribution >= 4 is 22.5 Å². The minimum atomic E-state index is -0.182. The van der Waals surface area contributed by atoms with Crippen molar-refractivity contribution < 1.29 is 4.79 Å². The fourth-order valence-electron chi connectivity index (χ4n) is 2.75. The number of aryl methyl sites for hydroxylation is 1. The number of benzene rings is 2. The number of amides is 1. The molecule has 4 rings (SSSR count). The van der Waals surface area contributed by atoms with Crippen LogP contribution in [0.25, 0.3) is 22.2 Å². The highest BCUT2D eigenvalue weighted by Gasteiger charge is 2.14. The first kappa shape index (κ1) is 14.3. The summed E-state index contributed by atoms with van der Waals surface area (Å²) >= 11 is 0. The lowest BCUT2D eigenvalue weighted by Gasteiger charge is -2.05. The number of hydrogen-bond acceptors (Lipinski definition) is 2. The Hall–Kier alpha value is -3.34. The highest BCUT2D eigenvalue weighted by Crippen LogP contribution is 2.21. The number of aromatic amines is 1. The first-order valence-corrected chi connectivity index (χ1v) is 7.69. The van der Waals surface area contributed by atoms with E-state index in [-0.39, 0.29) is 5.91 Å². The van der Waals surface area contributed by atoms with E-state index in [0.29, 0.717) is 5.69 Å². The van der Waals surface area contributed by atoms with Crippen molar-refractivity contribution in [3.63, 3.8) is 0 Å². The lowest BCUT2D eigenvalue weighted by molar-refractivity contribution is 0.101. The van der Waals surface area contributed by atoms with Crippen molar-refractivity contribution in [2.45, 2.75) is 0 Å². The average molecular weight is 316 g/mol. The van der Waals surface area contributed by atoms with Gasteiger partial charge in [0, 0.05) is 30.0 Å². The van der Waals surface area contributed by atoms with E-state index in [9.17, 15) is 4.79 Å². The molecule has 0 aliphatic carbocycles. The second-order valence-electron chi connectivity index (χ2n) is 5.64. The molecule has 2 aromatic heterocycles. The zero-order valence-corrected chi connectivity index (χ0v) is 13.2. The summed E-state index contributed by atoms with van der Waals surface area (Å²) in [6.45, 7) is 0. The highest BCUT2D eigenvalue weighted by atomic mass is 16.2. The van der Waals surface area contributed by atoms with Crippen LogP contribution in [-0.2, 0) is 7.05 Å². The second kappa shape index (κ2) is 5.70. The molecule has 4 aromatic rings. The number of nitrogens with one attached hydrogen (secondary N) is 2. The smallest absolute Gasteiger partial charge is 0.273 e. The maximum absolute atomic E-state index is 12.6. The second-order valence-corrected chi connectivity index (χ2v) is 5.64. The van der Waals surface area contributed by atoms with Gasteiger partial charge in [-0.25, -0.2) is 0 Å². The number of anilines is 1. The van der Waals surface area contributed by atoms with Gasteiger partial charge in [0.15, 0.2) is 0 Å². The zero-order valence-electron chi connectivity index (χ0n) is 13.2. The Labute approximate surface area is 138 Å². The average Bonchev–Trinajstić information content (AvgIpc) is 3.21. The topological polar surface area (TPSA) is 62.7 Å². The number of fused-ring (bicyclic) bond motifs is 1. The van der Waals surface area contributed by atoms with Gasteiger partial charge < -0.3 is 10.3 Å². The fourth-order valence-corrected chi connectivity index (χ4v) is 2.75. The molecule has 2 N–H and O–H groups in total. The summed E-state index contributed by atoms with van der Waals surface area (Å²) < 4.78 is 1.60. The Morgan fingerprint density at radius 2 is 1.92 bits per heavy atom. The minimum absolute atomic E-state index is 0.182. The fraction of sp³-hybridized carbons (Fsp3) is 0.0526. The number of carbonyl (C=O) groups is 1. The van der Waals surface area contributed by atoms with E-state index in [4.69, 9.17) is 0 Å². The summed E-state index contributed by atoms with van der Waals surface area (Å²) in [6, 6.07) is 19.4. The van der Waals surface area contributed by atoms with E-state index >= 15 is 0 Å². The van der Waals surface area contributed by atoms with Gasteiger partial charge in [-0.05, 0) is 29.7 Å². The van der Waals surface area contributed by atoms with Crippen LogP contribution in [0.5, 0.6) is 0 Å². The van der Waals surface area contributed by atoms with Crippen LogP contribution >= 0.6 is 0 Å². The Morgan fingerprint density at radius 1 is 1.08 bits per heavy atom. The van der Waals surface area contributed by atoms with Gasteiger partial charge in [-0.15, -0.1) is 0 Å². The van der Waals surface area contributed by atoms with E-state index in [2.05, 4.69) is 15.4 Å². The van der Waals surface area contributed by atoms with Crippen LogP contribution in [0.15, 0.2) is 66.9 Å². The van der Waals surface area contributed by atoms with Gasteiger partial charge in [0.25, 0.3) is 5.91 Å². The molecule has 0 spiro atoms. The highest BCUT2D eigenvalue weighted by molar-refractivity contribution is 6.04. The zero-order chi connectivity index (χ0) is 16.5. The van der Waals surface area contributed by atoms with Crippen LogP contribution in [0, 0.1) is 0 Å². The van der Waals surface area contributed by atoms with Crippen LogP contribution in [-0.4, -0.2) is 20.7 Å². The Bertz CT molecular complexity index is 1010. The van der Waals surface area contributed by atoms with Crippen LogP contribution in [0.2, 0.25) is 0 Å². The molecular formula is C19H16N4O. The normalized spacial score (nSPS) is 10.9. The Morgan fingerprint density at radius 3 is 2.75 bits per heavy atom. The van der Waals surface area contributed by atoms with Crippen LogP contribution < -0.4 is 5.32 Å². The molecular weight excluding hydrogens is 300 g/mol. The van der Waals surface area contributed by atoms with Crippen molar-refractivity contribution in [3.05, 3.63) is 72.6 Å². The molecule has 5 heteroatoms. The summed E-state index contributed by atoms with van der Waals surface area (Å²) in [6.07, 6.45) is 1.88. The maximum atomic E-state index is 12.6. The molecule has 0 saturated carbocycles. The molecule has 0 unspecified atom stereocenters. The van der Waals surface area contributed by atoms with E-state index in [0.717, 1.165) is 27.8 Å². The molecule has 0 aliphatic rings. The summed E-state index contributed by atoms with van der Waals surface area (Å²) in [5.41, 5.74) is 4.02. The number of nitrogens with zero attached hydrogens (tertiary/aromatic N) is 2. The van der Waals surface area contributed by atoms with Crippen LogP contribution in [0.4, 0.5) is 5.69 Å². The molecule has 2 aromatic carbocycles. The molecule has 0 radical (unpaired) electrons. The van der Waals surface area contributed by atoms with Crippen molar-refractivity contribution in [2.24, 2.45) is 7.05 Å². The molecule has 2 heterocycles. The third kappa shape index (κ3) is 2.56. The SMILES string of the molecule is Cn1nc(-c2ccccc2)cc1C(=O)Nc1ccc2cc[nH]c2c1. The number of carbonyl (C=O) groups excluding carboxylic acids is 1. The molecule has 1 amide bonds. The van der Waals surface area contributed by atoms with Crippen molar-refractivity contribution in [2.75, 3.05) is 5.32 Å². The largest absolute Gasteiger partial charge is 0.361 e. The molecule has 0 aliphatic heterocycles. The Balaban J connectivity index is 1.61. The van der Waals surface area contributed by atoms with Gasteiger partial charge in [-0.2, -0.15) is 5.10 Å². The third-order valence-corrected chi connectivity index (χ3v) is 3.99. The Kier molecular flexibility index (Phi) is 3.39. The van der Waals surface area contributed by atoms with Crippen molar-refractivity contribution in [3.8, 4) is 11.3 Å². The van der Waals surface area contributed by atoms with Gasteiger partial charge >= 0.3 is 0 Å². The predicted octanol–water partition coefficient (Wildman–Crippen LogP) is 3.82. The van der Waals surface area contributed by atoms with Crippen molar-refractivity contribution in [1.29, 1.82) is 0 Å². The summed E-state index contributed by atoms with van der Waals surface area (Å²) in [5, 5.41) is 8.47. The minimum Gasteiger partial charge on any atom is -0.361 e. The van der Waals surface area contributed by atoms with Crippen LogP contribution in [0.3, 0.4) is 0 Å². The van der Waals surface area contributed by atoms with Gasteiger partial charge in [0.1, 0.15) is 5.69 Å². The molecule has 0 atom stereocenters. The standard InChI is InChI=1S/C19H16N4O/c1-23-18(12-17(22-23)13-5-3-2-4-6-13)19(24)21-15-8-7-14-9-10-20-16(14)11-15/h2-12,20H,1H3,(H,21,24). The lowest BCUT2D eigenvalue weighted by atomic mass is 10.1. The van der Waals surface area contributed by atoms with Crippen molar-refractivity contribution in [1.82, 2.24) is 14.8 Å². The summed E-state index contributed by atoms with van der Waals surface area (Å²) in [7, 11) is 1.77. The van der Waals surface area contributed by atoms with Gasteiger partial charge in [-0.3, -0.25) is 9.48 Å². The molecule has 5 nitrogen and oxygen atoms in total. The first-order valence-electron chi connectivity index (χ1n) is 7.69. The third-order valence-electron chi connectivity index (χ3n) is 3.99. The lowest BCUT2D eigenvalue weighted by Crippen LogP contribution is -2.15. The van der Waals surface area contributed by atoms with Gasteiger partial charge in [0.05, 0.1) is 5.69 Å². The number of hydrogen-bond donors (Lipinski definition) is 2. The number of H-pyrrole nitrogens is 1. The molecule has 118 valence electrons. The molecule has 24 heavy (non-hydrogen) atoms. The van der Waals surface area contributed by atoms with E-state index in [1.807, 2.05) is 60.8 Å². The summed E-state index contributed by atoms with van der Waals surface area (Å²) in [5.74, 6) is -0.182.